The molecule has 0 saturated carbocycles. The van der Waals surface area contributed by atoms with Crippen molar-refractivity contribution in [1.82, 2.24) is 4.98 Å². The smallest absolute Gasteiger partial charge is 0.352 e. The normalized spacial score (nSPS) is 14.5. The fourth-order valence-corrected chi connectivity index (χ4v) is 4.76. The number of nitrogens with one attached hydrogen (secondary N) is 2. The number of halogens is 2. The van der Waals surface area contributed by atoms with Crippen LogP contribution in [0.25, 0.3) is 10.9 Å². The number of benzene rings is 2. The molecule has 1 aromatic heterocycles. The Bertz CT molecular complexity index is 1250. The number of carbonyl (C=O) groups excluding carboxylic acids is 1. The Morgan fingerprint density at radius 3 is 2.61 bits per heavy atom. The average molecular weight is 492 g/mol. The molecule has 0 saturated heterocycles. The van der Waals surface area contributed by atoms with Crippen LogP contribution in [0.4, 0.5) is 5.69 Å². The molecule has 0 spiro atoms. The van der Waals surface area contributed by atoms with E-state index < -0.39 is 11.9 Å². The van der Waals surface area contributed by atoms with Crippen molar-refractivity contribution in [3.05, 3.63) is 63.3 Å². The topological polar surface area (TPSA) is 147 Å². The number of carbonyl (C=O) groups is 3. The molecule has 174 valence electrons. The van der Waals surface area contributed by atoms with E-state index in [4.69, 9.17) is 11.6 Å². The molecule has 0 aliphatic heterocycles. The number of quaternary nitrogens is 1. The molecule has 1 heterocycles. The second-order valence-corrected chi connectivity index (χ2v) is 8.44. The molecule has 1 aliphatic carbocycles. The molecule has 1 amide bonds. The largest absolute Gasteiger partial charge is 1.00 e. The van der Waals surface area contributed by atoms with Crippen LogP contribution in [-0.4, -0.2) is 33.0 Å². The van der Waals surface area contributed by atoms with Gasteiger partial charge < -0.3 is 38.7 Å². The predicted molar refractivity (Wildman–Crippen MR) is 119 cm³/mol. The second-order valence-electron chi connectivity index (χ2n) is 8.01. The lowest BCUT2D eigenvalue weighted by Crippen LogP contribution is -3.00. The maximum atomic E-state index is 12.9. The molecule has 0 radical (unpaired) electrons. The zero-order valence-electron chi connectivity index (χ0n) is 17.6. The van der Waals surface area contributed by atoms with Crippen LogP contribution in [0.5, 0.6) is 0 Å². The summed E-state index contributed by atoms with van der Waals surface area (Å²) >= 11 is 6.17. The first kappa shape index (κ1) is 24.6. The molecule has 2 aromatic carbocycles. The first-order valence-electron chi connectivity index (χ1n) is 10.3. The molecule has 1 atom stereocenters. The Kier molecular flexibility index (Phi) is 7.31. The summed E-state index contributed by atoms with van der Waals surface area (Å²) in [4.78, 5) is 39.0. The Labute approximate surface area is 200 Å². The van der Waals surface area contributed by atoms with Gasteiger partial charge >= 0.3 is 11.9 Å². The molecule has 8 nitrogen and oxygen atoms in total. The number of H-pyrrole nitrogens is 1. The zero-order chi connectivity index (χ0) is 23.0. The van der Waals surface area contributed by atoms with E-state index in [0.29, 0.717) is 46.7 Å². The monoisotopic (exact) mass is 491 g/mol. The van der Waals surface area contributed by atoms with Crippen LogP contribution < -0.4 is 23.5 Å². The molecule has 0 fully saturated rings. The number of aliphatic carboxylic acids is 1. The first-order valence-corrected chi connectivity index (χ1v) is 10.6. The summed E-state index contributed by atoms with van der Waals surface area (Å²) in [7, 11) is 0. The number of amides is 1. The van der Waals surface area contributed by atoms with E-state index in [2.05, 4.69) is 16.0 Å². The lowest BCUT2D eigenvalue weighted by atomic mass is 9.81. The van der Waals surface area contributed by atoms with Crippen molar-refractivity contribution in [2.75, 3.05) is 5.32 Å². The highest BCUT2D eigenvalue weighted by atomic mass is 35.5. The minimum atomic E-state index is -1.09. The summed E-state index contributed by atoms with van der Waals surface area (Å²) in [5.74, 6) is -2.67. The number of aromatic nitrogens is 1. The standard InChI is InChI=1S/C23H22ClN3O5.ClH/c24-15-6-12-2-3-13(21-20(12)17(9-15)27-22(21)23(31)32)7-18(28)26-16-4-1-11(10-25)5-14(16)8-19(29)30;/h1,4-6,9,13,27H,2-3,7-8,10,25H2,(H,26,28)(H,29,30)(H,31,32);1H/t13-;/m0./s1. The van der Waals surface area contributed by atoms with E-state index in [0.717, 1.165) is 16.5 Å². The van der Waals surface area contributed by atoms with Crippen LogP contribution in [0.2, 0.25) is 5.02 Å². The molecule has 0 unspecified atom stereocenters. The second kappa shape index (κ2) is 9.82. The van der Waals surface area contributed by atoms with Crippen molar-refractivity contribution in [3.63, 3.8) is 0 Å². The van der Waals surface area contributed by atoms with E-state index >= 15 is 0 Å². The number of aromatic amines is 1. The number of aryl methyl sites for hydroxylation is 1. The van der Waals surface area contributed by atoms with Crippen LogP contribution in [0.3, 0.4) is 0 Å². The summed E-state index contributed by atoms with van der Waals surface area (Å²) in [5, 5.41) is 23.1. The van der Waals surface area contributed by atoms with E-state index in [9.17, 15) is 24.6 Å². The van der Waals surface area contributed by atoms with E-state index in [1.807, 2.05) is 6.07 Å². The highest BCUT2D eigenvalue weighted by molar-refractivity contribution is 6.31. The van der Waals surface area contributed by atoms with Gasteiger partial charge in [0.15, 0.2) is 0 Å². The quantitative estimate of drug-likeness (QED) is 0.314. The number of carboxylic acid groups (broad SMARTS) is 2. The van der Waals surface area contributed by atoms with Gasteiger partial charge in [-0.05, 0) is 59.7 Å². The van der Waals surface area contributed by atoms with E-state index in [-0.39, 0.29) is 42.8 Å². The molecule has 1 aliphatic rings. The highest BCUT2D eigenvalue weighted by Crippen LogP contribution is 2.42. The van der Waals surface area contributed by atoms with Crippen molar-refractivity contribution in [2.45, 2.75) is 38.1 Å². The Morgan fingerprint density at radius 1 is 1.18 bits per heavy atom. The molecule has 33 heavy (non-hydrogen) atoms. The van der Waals surface area contributed by atoms with Crippen molar-refractivity contribution in [3.8, 4) is 0 Å². The van der Waals surface area contributed by atoms with Crippen molar-refractivity contribution < 1.29 is 42.7 Å². The van der Waals surface area contributed by atoms with Gasteiger partial charge in [0.25, 0.3) is 0 Å². The molecular weight excluding hydrogens is 469 g/mol. The summed E-state index contributed by atoms with van der Waals surface area (Å²) in [6, 6.07) is 8.75. The lowest BCUT2D eigenvalue weighted by Gasteiger charge is -2.23. The summed E-state index contributed by atoms with van der Waals surface area (Å²) in [5.41, 5.74) is 7.95. The molecule has 0 bridgehead atoms. The number of aromatic carboxylic acids is 1. The number of anilines is 1. The van der Waals surface area contributed by atoms with Crippen LogP contribution in [-0.2, 0) is 29.0 Å². The van der Waals surface area contributed by atoms with Crippen molar-refractivity contribution in [1.29, 1.82) is 0 Å². The summed E-state index contributed by atoms with van der Waals surface area (Å²) in [6.45, 7) is 0.508. The molecule has 3 aromatic rings. The van der Waals surface area contributed by atoms with Crippen LogP contribution in [0, 0.1) is 0 Å². The number of hydrogen-bond donors (Lipinski definition) is 5. The van der Waals surface area contributed by atoms with Gasteiger partial charge in [0, 0.05) is 33.6 Å². The zero-order valence-corrected chi connectivity index (χ0v) is 19.1. The Hall–Kier alpha value is -3.07. The van der Waals surface area contributed by atoms with E-state index in [1.165, 1.54) is 0 Å². The maximum absolute atomic E-state index is 12.9. The number of carboxylic acids is 2. The van der Waals surface area contributed by atoms with Gasteiger partial charge in [0.2, 0.25) is 5.91 Å². The van der Waals surface area contributed by atoms with Gasteiger partial charge in [-0.2, -0.15) is 0 Å². The Balaban J connectivity index is 0.00000306. The molecule has 7 N–H and O–H groups in total. The third-order valence-corrected chi connectivity index (χ3v) is 6.09. The van der Waals surface area contributed by atoms with Crippen LogP contribution in [0.15, 0.2) is 30.3 Å². The molecular formula is C23H23Cl2N3O5. The SMILES string of the molecule is [Cl-].[NH3+]Cc1ccc(NC(=O)C[C@@H]2CCc3cc(Cl)cc4[nH]c(C(=O)O)c2c34)c(CC(=O)O)c1. The maximum Gasteiger partial charge on any atom is 0.352 e. The predicted octanol–water partition coefficient (Wildman–Crippen LogP) is -0.0489. The van der Waals surface area contributed by atoms with Gasteiger partial charge in [-0.1, -0.05) is 17.7 Å². The molecule has 4 rings (SSSR count). The highest BCUT2D eigenvalue weighted by Gasteiger charge is 2.31. The minimum Gasteiger partial charge on any atom is -1.00 e. The summed E-state index contributed by atoms with van der Waals surface area (Å²) in [6.07, 6.45) is 1.15. The Morgan fingerprint density at radius 2 is 1.94 bits per heavy atom. The van der Waals surface area contributed by atoms with Gasteiger partial charge in [-0.3, -0.25) is 9.59 Å². The van der Waals surface area contributed by atoms with Gasteiger partial charge in [0.05, 0.1) is 13.0 Å². The van der Waals surface area contributed by atoms with Gasteiger partial charge in [0.1, 0.15) is 5.69 Å². The molecule has 10 heteroatoms. The average Bonchev–Trinajstić information content (AvgIpc) is 3.11. The van der Waals surface area contributed by atoms with Gasteiger partial charge in [-0.15, -0.1) is 0 Å². The number of hydrogen-bond acceptors (Lipinski definition) is 3. The van der Waals surface area contributed by atoms with Crippen LogP contribution in [0.1, 0.15) is 51.5 Å². The third-order valence-electron chi connectivity index (χ3n) is 5.87. The fourth-order valence-electron chi connectivity index (χ4n) is 4.52. The lowest BCUT2D eigenvalue weighted by molar-refractivity contribution is -0.386. The summed E-state index contributed by atoms with van der Waals surface area (Å²) < 4.78 is 0. The van der Waals surface area contributed by atoms with Crippen molar-refractivity contribution >= 4 is 46.0 Å². The fraction of sp³-hybridized carbons (Fsp3) is 0.261. The first-order chi connectivity index (χ1) is 15.3. The van der Waals surface area contributed by atoms with Gasteiger partial charge in [-0.25, -0.2) is 4.79 Å². The van der Waals surface area contributed by atoms with E-state index in [1.54, 1.807) is 24.3 Å². The van der Waals surface area contributed by atoms with Crippen molar-refractivity contribution in [2.24, 2.45) is 0 Å². The minimum absolute atomic E-state index is 0. The van der Waals surface area contributed by atoms with Crippen LogP contribution >= 0.6 is 11.6 Å². The third kappa shape index (κ3) is 4.98. The number of rotatable bonds is 7.